The van der Waals surface area contributed by atoms with Crippen LogP contribution in [0.4, 0.5) is 5.69 Å². The van der Waals surface area contributed by atoms with Gasteiger partial charge in [-0.25, -0.2) is 0 Å². The molecule has 2 aromatic rings. The highest BCUT2D eigenvalue weighted by atomic mass is 16.5. The monoisotopic (exact) mass is 283 g/mol. The van der Waals surface area contributed by atoms with Crippen molar-refractivity contribution in [3.8, 4) is 0 Å². The third kappa shape index (κ3) is 3.26. The highest BCUT2D eigenvalue weighted by Crippen LogP contribution is 2.33. The molecule has 21 heavy (non-hydrogen) atoms. The van der Waals surface area contributed by atoms with Crippen LogP contribution in [0.1, 0.15) is 41.7 Å². The number of hydrogen-bond acceptors (Lipinski definition) is 3. The fourth-order valence-corrected chi connectivity index (χ4v) is 2.90. The highest BCUT2D eigenvalue weighted by Gasteiger charge is 2.21. The Balaban J connectivity index is 1.64. The molecule has 0 spiro atoms. The largest absolute Gasteiger partial charge is 0.399 e. The van der Waals surface area contributed by atoms with Crippen LogP contribution in [-0.4, -0.2) is 11.7 Å². The Kier molecular flexibility index (Phi) is 4.23. The van der Waals surface area contributed by atoms with Crippen LogP contribution in [-0.2, 0) is 11.2 Å². The summed E-state index contributed by atoms with van der Waals surface area (Å²) in [6.45, 7) is 0.308. The van der Waals surface area contributed by atoms with Gasteiger partial charge in [0.1, 0.15) is 6.10 Å². The number of anilines is 1. The van der Waals surface area contributed by atoms with E-state index in [9.17, 15) is 5.11 Å². The van der Waals surface area contributed by atoms with Crippen molar-refractivity contribution in [1.29, 1.82) is 0 Å². The maximum Gasteiger partial charge on any atom is 0.102 e. The molecule has 110 valence electrons. The summed E-state index contributed by atoms with van der Waals surface area (Å²) < 4.78 is 5.97. The van der Waals surface area contributed by atoms with Gasteiger partial charge >= 0.3 is 0 Å². The van der Waals surface area contributed by atoms with Gasteiger partial charge in [0.2, 0.25) is 0 Å². The molecule has 0 radical (unpaired) electrons. The lowest BCUT2D eigenvalue weighted by molar-refractivity contribution is -0.0183. The van der Waals surface area contributed by atoms with Gasteiger partial charge in [-0.3, -0.25) is 0 Å². The van der Waals surface area contributed by atoms with Crippen molar-refractivity contribution in [2.75, 3.05) is 12.3 Å². The zero-order chi connectivity index (χ0) is 14.7. The van der Waals surface area contributed by atoms with E-state index in [0.717, 1.165) is 24.8 Å². The van der Waals surface area contributed by atoms with Gasteiger partial charge in [-0.15, -0.1) is 0 Å². The summed E-state index contributed by atoms with van der Waals surface area (Å²) in [5.74, 6) is 0. The first-order chi connectivity index (χ1) is 10.2. The zero-order valence-corrected chi connectivity index (χ0v) is 12.0. The smallest absolute Gasteiger partial charge is 0.102 e. The summed E-state index contributed by atoms with van der Waals surface area (Å²) in [4.78, 5) is 0. The van der Waals surface area contributed by atoms with Gasteiger partial charge < -0.3 is 15.6 Å². The molecule has 2 unspecified atom stereocenters. The highest BCUT2D eigenvalue weighted by molar-refractivity contribution is 5.39. The van der Waals surface area contributed by atoms with E-state index < -0.39 is 6.10 Å². The SMILES string of the molecule is Nc1ccc(C(O)COC2CCCc3ccccc32)cc1. The van der Waals surface area contributed by atoms with Crippen LogP contribution in [0.5, 0.6) is 0 Å². The van der Waals surface area contributed by atoms with Crippen molar-refractivity contribution in [1.82, 2.24) is 0 Å². The first-order valence-electron chi connectivity index (χ1n) is 7.47. The Hall–Kier alpha value is -1.84. The van der Waals surface area contributed by atoms with Crippen molar-refractivity contribution in [2.24, 2.45) is 0 Å². The van der Waals surface area contributed by atoms with E-state index in [1.54, 1.807) is 12.1 Å². The van der Waals surface area contributed by atoms with E-state index in [1.807, 2.05) is 12.1 Å². The van der Waals surface area contributed by atoms with Gasteiger partial charge in [0.05, 0.1) is 12.7 Å². The number of hydrogen-bond donors (Lipinski definition) is 2. The first-order valence-corrected chi connectivity index (χ1v) is 7.47. The molecule has 0 bridgehead atoms. The lowest BCUT2D eigenvalue weighted by atomic mass is 9.89. The number of rotatable bonds is 4. The topological polar surface area (TPSA) is 55.5 Å². The van der Waals surface area contributed by atoms with E-state index in [4.69, 9.17) is 10.5 Å². The normalized spacial score (nSPS) is 19.0. The molecule has 1 aliphatic carbocycles. The second-order valence-electron chi connectivity index (χ2n) is 5.60. The summed E-state index contributed by atoms with van der Waals surface area (Å²) >= 11 is 0. The Labute approximate surface area is 125 Å². The van der Waals surface area contributed by atoms with E-state index >= 15 is 0 Å². The zero-order valence-electron chi connectivity index (χ0n) is 12.0. The summed E-state index contributed by atoms with van der Waals surface area (Å²) in [6, 6.07) is 15.7. The molecule has 0 amide bonds. The molecule has 1 aliphatic rings. The van der Waals surface area contributed by atoms with E-state index in [1.165, 1.54) is 11.1 Å². The molecule has 3 rings (SSSR count). The second kappa shape index (κ2) is 6.29. The molecule has 0 saturated heterocycles. The number of aliphatic hydroxyl groups excluding tert-OH is 1. The Bertz CT molecular complexity index is 594. The van der Waals surface area contributed by atoms with Gasteiger partial charge in [0, 0.05) is 5.69 Å². The van der Waals surface area contributed by atoms with Crippen LogP contribution in [0.2, 0.25) is 0 Å². The first kappa shape index (κ1) is 14.1. The minimum Gasteiger partial charge on any atom is -0.399 e. The molecule has 3 N–H and O–H groups in total. The third-order valence-electron chi connectivity index (χ3n) is 4.09. The molecule has 0 saturated carbocycles. The molecule has 3 heteroatoms. The summed E-state index contributed by atoms with van der Waals surface area (Å²) in [5, 5.41) is 10.2. The standard InChI is InChI=1S/C18H21NO2/c19-15-10-8-14(9-11-15)17(20)12-21-18-7-3-5-13-4-1-2-6-16(13)18/h1-2,4,6,8-11,17-18,20H,3,5,7,12,19H2. The third-order valence-corrected chi connectivity index (χ3v) is 4.09. The quantitative estimate of drug-likeness (QED) is 0.846. The van der Waals surface area contributed by atoms with Crippen LogP contribution in [0.25, 0.3) is 0 Å². The summed E-state index contributed by atoms with van der Waals surface area (Å²) in [7, 11) is 0. The van der Waals surface area contributed by atoms with Crippen LogP contribution >= 0.6 is 0 Å². The van der Waals surface area contributed by atoms with Crippen LogP contribution in [0, 0.1) is 0 Å². The molecule has 0 fully saturated rings. The van der Waals surface area contributed by atoms with Crippen molar-refractivity contribution in [3.63, 3.8) is 0 Å². The van der Waals surface area contributed by atoms with Crippen molar-refractivity contribution < 1.29 is 9.84 Å². The number of aryl methyl sites for hydroxylation is 1. The Morgan fingerprint density at radius 1 is 1.14 bits per heavy atom. The molecular formula is C18H21NO2. The van der Waals surface area contributed by atoms with Crippen molar-refractivity contribution >= 4 is 5.69 Å². The predicted molar refractivity (Wildman–Crippen MR) is 83.9 cm³/mol. The average Bonchev–Trinajstić information content (AvgIpc) is 2.53. The van der Waals surface area contributed by atoms with E-state index in [-0.39, 0.29) is 6.10 Å². The van der Waals surface area contributed by atoms with Gasteiger partial charge in [0.25, 0.3) is 0 Å². The molecule has 0 heterocycles. The van der Waals surface area contributed by atoms with Crippen molar-refractivity contribution in [2.45, 2.75) is 31.5 Å². The lowest BCUT2D eigenvalue weighted by Gasteiger charge is -2.26. The minimum absolute atomic E-state index is 0.0957. The summed E-state index contributed by atoms with van der Waals surface area (Å²) in [5.41, 5.74) is 9.84. The van der Waals surface area contributed by atoms with Crippen molar-refractivity contribution in [3.05, 3.63) is 65.2 Å². The van der Waals surface area contributed by atoms with Crippen LogP contribution in [0.15, 0.2) is 48.5 Å². The minimum atomic E-state index is -0.611. The fourth-order valence-electron chi connectivity index (χ4n) is 2.90. The predicted octanol–water partition coefficient (Wildman–Crippen LogP) is 3.40. The lowest BCUT2D eigenvalue weighted by Crippen LogP contribution is -2.16. The van der Waals surface area contributed by atoms with Gasteiger partial charge in [-0.1, -0.05) is 36.4 Å². The molecular weight excluding hydrogens is 262 g/mol. The number of nitrogens with two attached hydrogens (primary N) is 1. The van der Waals surface area contributed by atoms with E-state index in [0.29, 0.717) is 12.3 Å². The van der Waals surface area contributed by atoms with Crippen LogP contribution < -0.4 is 5.73 Å². The molecule has 0 aromatic heterocycles. The maximum atomic E-state index is 10.2. The second-order valence-corrected chi connectivity index (χ2v) is 5.60. The molecule has 2 atom stereocenters. The molecule has 2 aromatic carbocycles. The number of nitrogen functional groups attached to an aromatic ring is 1. The number of benzene rings is 2. The van der Waals surface area contributed by atoms with Gasteiger partial charge in [-0.2, -0.15) is 0 Å². The van der Waals surface area contributed by atoms with Gasteiger partial charge in [0.15, 0.2) is 0 Å². The molecule has 0 aliphatic heterocycles. The van der Waals surface area contributed by atoms with E-state index in [2.05, 4.69) is 24.3 Å². The number of fused-ring (bicyclic) bond motifs is 1. The Morgan fingerprint density at radius 2 is 1.90 bits per heavy atom. The number of ether oxygens (including phenoxy) is 1. The Morgan fingerprint density at radius 3 is 2.71 bits per heavy atom. The average molecular weight is 283 g/mol. The summed E-state index contributed by atoms with van der Waals surface area (Å²) in [6.07, 6.45) is 2.76. The van der Waals surface area contributed by atoms with Gasteiger partial charge in [-0.05, 0) is 48.1 Å². The maximum absolute atomic E-state index is 10.2. The van der Waals surface area contributed by atoms with Crippen LogP contribution in [0.3, 0.4) is 0 Å². The fraction of sp³-hybridized carbons (Fsp3) is 0.333. The molecule has 3 nitrogen and oxygen atoms in total. The number of aliphatic hydroxyl groups is 1.